The SMILES string of the molecule is O=C(CSc1ccc(Br)cc1)NC1CC(O)C1. The number of rotatable bonds is 4. The first-order chi connectivity index (χ1) is 8.13. The molecule has 5 heteroatoms. The summed E-state index contributed by atoms with van der Waals surface area (Å²) in [6.45, 7) is 0. The molecule has 1 amide bonds. The number of thioether (sulfide) groups is 1. The second kappa shape index (κ2) is 5.89. The maximum Gasteiger partial charge on any atom is 0.230 e. The van der Waals surface area contributed by atoms with Crippen molar-refractivity contribution < 1.29 is 9.90 Å². The summed E-state index contributed by atoms with van der Waals surface area (Å²) >= 11 is 4.89. The number of carbonyl (C=O) groups excluding carboxylic acids is 1. The molecule has 0 radical (unpaired) electrons. The molecule has 1 aromatic carbocycles. The fourth-order valence-electron chi connectivity index (χ4n) is 1.65. The number of hydrogen-bond donors (Lipinski definition) is 2. The average molecular weight is 316 g/mol. The second-order valence-electron chi connectivity index (χ2n) is 4.13. The van der Waals surface area contributed by atoms with Crippen molar-refractivity contribution in [3.63, 3.8) is 0 Å². The first-order valence-electron chi connectivity index (χ1n) is 5.49. The molecular formula is C12H14BrNO2S. The molecule has 1 saturated carbocycles. The standard InChI is InChI=1S/C12H14BrNO2S/c13-8-1-3-11(4-2-8)17-7-12(16)14-9-5-10(15)6-9/h1-4,9-10,15H,5-7H2,(H,14,16). The molecular weight excluding hydrogens is 302 g/mol. The molecule has 0 atom stereocenters. The third-order valence-electron chi connectivity index (χ3n) is 2.66. The Kier molecular flexibility index (Phi) is 4.48. The van der Waals surface area contributed by atoms with Crippen LogP contribution in [0.5, 0.6) is 0 Å². The van der Waals surface area contributed by atoms with E-state index in [9.17, 15) is 4.79 Å². The first kappa shape index (κ1) is 12.9. The quantitative estimate of drug-likeness (QED) is 0.837. The van der Waals surface area contributed by atoms with Gasteiger partial charge < -0.3 is 10.4 Å². The van der Waals surface area contributed by atoms with Crippen LogP contribution < -0.4 is 5.32 Å². The molecule has 1 aliphatic rings. The predicted octanol–water partition coefficient (Wildman–Crippen LogP) is 2.18. The summed E-state index contributed by atoms with van der Waals surface area (Å²) in [5.41, 5.74) is 0. The van der Waals surface area contributed by atoms with Crippen LogP contribution in [0.15, 0.2) is 33.6 Å². The van der Waals surface area contributed by atoms with Crippen LogP contribution in [0, 0.1) is 0 Å². The van der Waals surface area contributed by atoms with Gasteiger partial charge >= 0.3 is 0 Å². The van der Waals surface area contributed by atoms with Gasteiger partial charge in [0.1, 0.15) is 0 Å². The van der Waals surface area contributed by atoms with Crippen LogP contribution in [0.4, 0.5) is 0 Å². The summed E-state index contributed by atoms with van der Waals surface area (Å²) < 4.78 is 1.04. The van der Waals surface area contributed by atoms with Crippen LogP contribution >= 0.6 is 27.7 Å². The Morgan fingerprint density at radius 3 is 2.65 bits per heavy atom. The van der Waals surface area contributed by atoms with Gasteiger partial charge in [0.25, 0.3) is 0 Å². The van der Waals surface area contributed by atoms with E-state index in [-0.39, 0.29) is 18.1 Å². The van der Waals surface area contributed by atoms with E-state index in [1.165, 1.54) is 11.8 Å². The lowest BCUT2D eigenvalue weighted by atomic mass is 9.89. The van der Waals surface area contributed by atoms with E-state index in [1.54, 1.807) is 0 Å². The molecule has 0 saturated heterocycles. The molecule has 3 nitrogen and oxygen atoms in total. The molecule has 0 heterocycles. The Morgan fingerprint density at radius 2 is 2.06 bits per heavy atom. The molecule has 0 unspecified atom stereocenters. The highest BCUT2D eigenvalue weighted by Gasteiger charge is 2.28. The summed E-state index contributed by atoms with van der Waals surface area (Å²) in [6, 6.07) is 8.05. The highest BCUT2D eigenvalue weighted by Crippen LogP contribution is 2.22. The molecule has 2 N–H and O–H groups in total. The van der Waals surface area contributed by atoms with Crippen molar-refractivity contribution in [1.29, 1.82) is 0 Å². The van der Waals surface area contributed by atoms with Gasteiger partial charge in [-0.2, -0.15) is 0 Å². The molecule has 1 aliphatic carbocycles. The first-order valence-corrected chi connectivity index (χ1v) is 7.27. The lowest BCUT2D eigenvalue weighted by molar-refractivity contribution is -0.120. The molecule has 92 valence electrons. The Morgan fingerprint density at radius 1 is 1.41 bits per heavy atom. The minimum Gasteiger partial charge on any atom is -0.393 e. The normalized spacial score (nSPS) is 22.9. The van der Waals surface area contributed by atoms with Gasteiger partial charge in [-0.05, 0) is 37.1 Å². The molecule has 0 aromatic heterocycles. The Hall–Kier alpha value is -0.520. The second-order valence-corrected chi connectivity index (χ2v) is 6.10. The summed E-state index contributed by atoms with van der Waals surface area (Å²) in [4.78, 5) is 12.7. The minimum absolute atomic E-state index is 0.0369. The van der Waals surface area contributed by atoms with Gasteiger partial charge in [0, 0.05) is 15.4 Å². The predicted molar refractivity (Wildman–Crippen MR) is 72.0 cm³/mol. The number of hydrogen-bond acceptors (Lipinski definition) is 3. The zero-order chi connectivity index (χ0) is 12.3. The van der Waals surface area contributed by atoms with Crippen molar-refractivity contribution in [2.75, 3.05) is 5.75 Å². The van der Waals surface area contributed by atoms with Crippen LogP contribution in [-0.4, -0.2) is 28.9 Å². The smallest absolute Gasteiger partial charge is 0.230 e. The number of amides is 1. The van der Waals surface area contributed by atoms with Crippen molar-refractivity contribution in [3.8, 4) is 0 Å². The van der Waals surface area contributed by atoms with Crippen molar-refractivity contribution >= 4 is 33.6 Å². The van der Waals surface area contributed by atoms with Crippen molar-refractivity contribution in [2.45, 2.75) is 29.9 Å². The number of halogens is 1. The molecule has 0 spiro atoms. The van der Waals surface area contributed by atoms with Crippen LogP contribution in [0.2, 0.25) is 0 Å². The topological polar surface area (TPSA) is 49.3 Å². The lowest BCUT2D eigenvalue weighted by Gasteiger charge is -2.31. The van der Waals surface area contributed by atoms with Gasteiger partial charge in [0.2, 0.25) is 5.91 Å². The molecule has 1 aromatic rings. The van der Waals surface area contributed by atoms with Crippen LogP contribution in [0.1, 0.15) is 12.8 Å². The van der Waals surface area contributed by atoms with Gasteiger partial charge in [-0.1, -0.05) is 15.9 Å². The van der Waals surface area contributed by atoms with Gasteiger partial charge in [-0.3, -0.25) is 4.79 Å². The third kappa shape index (κ3) is 4.01. The Labute approximate surface area is 113 Å². The van der Waals surface area contributed by atoms with Crippen LogP contribution in [0.3, 0.4) is 0 Å². The molecule has 0 bridgehead atoms. The number of aliphatic hydroxyl groups is 1. The fraction of sp³-hybridized carbons (Fsp3) is 0.417. The number of nitrogens with one attached hydrogen (secondary N) is 1. The highest BCUT2D eigenvalue weighted by atomic mass is 79.9. The largest absolute Gasteiger partial charge is 0.393 e. The lowest BCUT2D eigenvalue weighted by Crippen LogP contribution is -2.47. The highest BCUT2D eigenvalue weighted by molar-refractivity contribution is 9.10. The Bertz CT molecular complexity index is 390. The zero-order valence-corrected chi connectivity index (χ0v) is 11.6. The summed E-state index contributed by atoms with van der Waals surface area (Å²) in [5.74, 6) is 0.462. The monoisotopic (exact) mass is 315 g/mol. The van der Waals surface area contributed by atoms with E-state index in [0.29, 0.717) is 18.6 Å². The molecule has 17 heavy (non-hydrogen) atoms. The fourth-order valence-corrected chi connectivity index (χ4v) is 2.63. The summed E-state index contributed by atoms with van der Waals surface area (Å²) in [5, 5.41) is 12.0. The average Bonchev–Trinajstić information content (AvgIpc) is 2.26. The van der Waals surface area contributed by atoms with E-state index in [0.717, 1.165) is 9.37 Å². The molecule has 2 rings (SSSR count). The van der Waals surface area contributed by atoms with Gasteiger partial charge in [-0.25, -0.2) is 0 Å². The molecule has 1 fully saturated rings. The number of carbonyl (C=O) groups is 1. The van der Waals surface area contributed by atoms with E-state index in [2.05, 4.69) is 21.2 Å². The van der Waals surface area contributed by atoms with Crippen molar-refractivity contribution in [1.82, 2.24) is 5.32 Å². The zero-order valence-electron chi connectivity index (χ0n) is 9.23. The third-order valence-corrected chi connectivity index (χ3v) is 4.20. The van der Waals surface area contributed by atoms with E-state index in [4.69, 9.17) is 5.11 Å². The van der Waals surface area contributed by atoms with Gasteiger partial charge in [0.05, 0.1) is 11.9 Å². The summed E-state index contributed by atoms with van der Waals surface area (Å²) in [6.07, 6.45) is 1.16. The van der Waals surface area contributed by atoms with E-state index < -0.39 is 0 Å². The number of benzene rings is 1. The Balaban J connectivity index is 1.70. The number of aliphatic hydroxyl groups excluding tert-OH is 1. The van der Waals surface area contributed by atoms with Crippen molar-refractivity contribution in [2.24, 2.45) is 0 Å². The minimum atomic E-state index is -0.223. The molecule has 0 aliphatic heterocycles. The van der Waals surface area contributed by atoms with E-state index >= 15 is 0 Å². The maximum atomic E-state index is 11.6. The van der Waals surface area contributed by atoms with Crippen LogP contribution in [0.25, 0.3) is 0 Å². The van der Waals surface area contributed by atoms with Crippen LogP contribution in [-0.2, 0) is 4.79 Å². The van der Waals surface area contributed by atoms with E-state index in [1.807, 2.05) is 24.3 Å². The van der Waals surface area contributed by atoms with Gasteiger partial charge in [-0.15, -0.1) is 11.8 Å². The van der Waals surface area contributed by atoms with Crippen molar-refractivity contribution in [3.05, 3.63) is 28.7 Å². The summed E-state index contributed by atoms with van der Waals surface area (Å²) in [7, 11) is 0. The maximum absolute atomic E-state index is 11.6. The van der Waals surface area contributed by atoms with Gasteiger partial charge in [0.15, 0.2) is 0 Å².